The number of hydrogen-bond donors (Lipinski definition) is 0. The first-order valence-corrected chi connectivity index (χ1v) is 8.37. The molecule has 0 unspecified atom stereocenters. The number of pyridine rings is 1. The van der Waals surface area contributed by atoms with Crippen molar-refractivity contribution in [2.45, 2.75) is 0 Å². The summed E-state index contributed by atoms with van der Waals surface area (Å²) in [5.74, 6) is 0.838. The van der Waals surface area contributed by atoms with E-state index in [0.29, 0.717) is 23.7 Å². The Labute approximate surface area is 151 Å². The van der Waals surface area contributed by atoms with Gasteiger partial charge in [-0.25, -0.2) is 4.98 Å². The predicted molar refractivity (Wildman–Crippen MR) is 98.2 cm³/mol. The molecule has 0 bridgehead atoms. The van der Waals surface area contributed by atoms with Gasteiger partial charge >= 0.3 is 0 Å². The zero-order chi connectivity index (χ0) is 17.6. The summed E-state index contributed by atoms with van der Waals surface area (Å²) < 4.78 is 0. The van der Waals surface area contributed by atoms with Gasteiger partial charge in [-0.2, -0.15) is 5.26 Å². The number of rotatable bonds is 3. The fourth-order valence-electron chi connectivity index (χ4n) is 2.64. The molecule has 0 radical (unpaired) electrons. The molecule has 126 valence electrons. The molecule has 0 spiro atoms. The Balaban J connectivity index is 1.55. The first kappa shape index (κ1) is 17.0. The minimum absolute atomic E-state index is 0.00221. The number of piperazine rings is 1. The van der Waals surface area contributed by atoms with Crippen LogP contribution in [0.2, 0.25) is 5.02 Å². The van der Waals surface area contributed by atoms with Crippen LogP contribution in [0.15, 0.2) is 48.7 Å². The summed E-state index contributed by atoms with van der Waals surface area (Å²) >= 11 is 5.85. The van der Waals surface area contributed by atoms with Crippen molar-refractivity contribution >= 4 is 29.4 Å². The maximum absolute atomic E-state index is 12.3. The number of hydrogen-bond acceptors (Lipinski definition) is 4. The normalized spacial score (nSPS) is 14.6. The Kier molecular flexibility index (Phi) is 5.32. The van der Waals surface area contributed by atoms with E-state index >= 15 is 0 Å². The van der Waals surface area contributed by atoms with Crippen molar-refractivity contribution in [1.82, 2.24) is 9.88 Å². The second kappa shape index (κ2) is 7.82. The summed E-state index contributed by atoms with van der Waals surface area (Å²) in [6.45, 7) is 2.73. The highest BCUT2D eigenvalue weighted by molar-refractivity contribution is 6.30. The number of nitriles is 1. The van der Waals surface area contributed by atoms with Crippen LogP contribution in [-0.2, 0) is 4.79 Å². The molecule has 1 fully saturated rings. The van der Waals surface area contributed by atoms with Gasteiger partial charge in [0.15, 0.2) is 0 Å². The molecule has 6 heteroatoms. The zero-order valence-corrected chi connectivity index (χ0v) is 14.4. The number of amides is 1. The van der Waals surface area contributed by atoms with Crippen LogP contribution in [-0.4, -0.2) is 42.0 Å². The number of aromatic nitrogens is 1. The molecule has 1 amide bonds. The molecular weight excluding hydrogens is 336 g/mol. The van der Waals surface area contributed by atoms with Crippen LogP contribution in [0.5, 0.6) is 0 Å². The Morgan fingerprint density at radius 1 is 1.12 bits per heavy atom. The number of anilines is 1. The van der Waals surface area contributed by atoms with Gasteiger partial charge in [-0.1, -0.05) is 23.7 Å². The van der Waals surface area contributed by atoms with Crippen molar-refractivity contribution in [3.8, 4) is 6.07 Å². The molecule has 0 N–H and O–H groups in total. The van der Waals surface area contributed by atoms with E-state index in [1.807, 2.05) is 23.1 Å². The predicted octanol–water partition coefficient (Wildman–Crippen LogP) is 2.97. The lowest BCUT2D eigenvalue weighted by Gasteiger charge is -2.34. The van der Waals surface area contributed by atoms with Crippen LogP contribution < -0.4 is 4.90 Å². The summed E-state index contributed by atoms with van der Waals surface area (Å²) in [5, 5.41) is 9.50. The molecule has 0 atom stereocenters. The lowest BCUT2D eigenvalue weighted by atomic mass is 10.2. The fraction of sp³-hybridized carbons (Fsp3) is 0.211. The van der Waals surface area contributed by atoms with Gasteiger partial charge in [0.2, 0.25) is 5.91 Å². The van der Waals surface area contributed by atoms with Crippen molar-refractivity contribution in [3.63, 3.8) is 0 Å². The molecule has 0 saturated carbocycles. The molecule has 1 aromatic heterocycles. The van der Waals surface area contributed by atoms with E-state index in [1.54, 1.807) is 36.5 Å². The SMILES string of the molecule is N#Cc1ccc(N2CCN(C(=O)C=Cc3ccc(Cl)cc3)CC2)nc1. The molecule has 3 rings (SSSR count). The molecule has 25 heavy (non-hydrogen) atoms. The van der Waals surface area contributed by atoms with Crippen molar-refractivity contribution < 1.29 is 4.79 Å². The Hall–Kier alpha value is -2.84. The summed E-state index contributed by atoms with van der Waals surface area (Å²) in [4.78, 5) is 20.6. The van der Waals surface area contributed by atoms with E-state index in [4.69, 9.17) is 16.9 Å². The van der Waals surface area contributed by atoms with Crippen LogP contribution in [0.3, 0.4) is 0 Å². The van der Waals surface area contributed by atoms with Crippen molar-refractivity contribution in [1.29, 1.82) is 5.26 Å². The van der Waals surface area contributed by atoms with Gasteiger partial charge in [0.1, 0.15) is 11.9 Å². The molecule has 0 aliphatic carbocycles. The standard InChI is InChI=1S/C19H17ClN4O/c20-17-5-1-15(2-6-17)4-8-19(25)24-11-9-23(10-12-24)18-7-3-16(13-21)14-22-18/h1-8,14H,9-12H2. The topological polar surface area (TPSA) is 60.2 Å². The second-order valence-electron chi connectivity index (χ2n) is 5.71. The molecule has 1 aromatic carbocycles. The molecule has 1 aliphatic heterocycles. The monoisotopic (exact) mass is 352 g/mol. The highest BCUT2D eigenvalue weighted by Gasteiger charge is 2.20. The molecule has 1 saturated heterocycles. The average molecular weight is 353 g/mol. The Bertz CT molecular complexity index is 801. The average Bonchev–Trinajstić information content (AvgIpc) is 2.67. The highest BCUT2D eigenvalue weighted by Crippen LogP contribution is 2.15. The van der Waals surface area contributed by atoms with Gasteiger partial charge in [0.25, 0.3) is 0 Å². The second-order valence-corrected chi connectivity index (χ2v) is 6.15. The summed E-state index contributed by atoms with van der Waals surface area (Å²) in [7, 11) is 0. The molecular formula is C19H17ClN4O. The quantitative estimate of drug-likeness (QED) is 0.797. The van der Waals surface area contributed by atoms with Crippen LogP contribution in [0.4, 0.5) is 5.82 Å². The molecule has 2 heterocycles. The minimum Gasteiger partial charge on any atom is -0.353 e. The van der Waals surface area contributed by atoms with E-state index in [0.717, 1.165) is 24.5 Å². The zero-order valence-electron chi connectivity index (χ0n) is 13.6. The van der Waals surface area contributed by atoms with E-state index in [1.165, 1.54) is 0 Å². The first-order chi connectivity index (χ1) is 12.2. The number of carbonyl (C=O) groups excluding carboxylic acids is 1. The summed E-state index contributed by atoms with van der Waals surface area (Å²) in [5.41, 5.74) is 1.49. The smallest absolute Gasteiger partial charge is 0.246 e. The van der Waals surface area contributed by atoms with Gasteiger partial charge in [-0.15, -0.1) is 0 Å². The van der Waals surface area contributed by atoms with Crippen molar-refractivity contribution in [2.24, 2.45) is 0 Å². The number of nitrogens with zero attached hydrogens (tertiary/aromatic N) is 4. The maximum Gasteiger partial charge on any atom is 0.246 e. The third-order valence-corrected chi connectivity index (χ3v) is 4.33. The lowest BCUT2D eigenvalue weighted by molar-refractivity contribution is -0.126. The van der Waals surface area contributed by atoms with Crippen LogP contribution >= 0.6 is 11.6 Å². The van der Waals surface area contributed by atoms with Crippen molar-refractivity contribution in [3.05, 3.63) is 64.8 Å². The summed E-state index contributed by atoms with van der Waals surface area (Å²) in [6.07, 6.45) is 4.97. The van der Waals surface area contributed by atoms with Gasteiger partial charge in [-0.3, -0.25) is 4.79 Å². The van der Waals surface area contributed by atoms with Crippen LogP contribution in [0, 0.1) is 11.3 Å². The van der Waals surface area contributed by atoms with E-state index in [-0.39, 0.29) is 5.91 Å². The Morgan fingerprint density at radius 3 is 2.44 bits per heavy atom. The highest BCUT2D eigenvalue weighted by atomic mass is 35.5. The van der Waals surface area contributed by atoms with Gasteiger partial charge in [0.05, 0.1) is 5.56 Å². The van der Waals surface area contributed by atoms with E-state index < -0.39 is 0 Å². The van der Waals surface area contributed by atoms with Gasteiger partial charge < -0.3 is 9.80 Å². The maximum atomic E-state index is 12.3. The van der Waals surface area contributed by atoms with Gasteiger partial charge in [0, 0.05) is 43.5 Å². The largest absolute Gasteiger partial charge is 0.353 e. The minimum atomic E-state index is 0.00221. The van der Waals surface area contributed by atoms with E-state index in [9.17, 15) is 4.79 Å². The summed E-state index contributed by atoms with van der Waals surface area (Å²) in [6, 6.07) is 13.0. The first-order valence-electron chi connectivity index (χ1n) is 7.99. The molecule has 1 aliphatic rings. The fourth-order valence-corrected chi connectivity index (χ4v) is 2.77. The van der Waals surface area contributed by atoms with Crippen LogP contribution in [0.1, 0.15) is 11.1 Å². The van der Waals surface area contributed by atoms with E-state index in [2.05, 4.69) is 16.0 Å². The van der Waals surface area contributed by atoms with Gasteiger partial charge in [-0.05, 0) is 35.9 Å². The third kappa shape index (κ3) is 4.37. The molecule has 5 nitrogen and oxygen atoms in total. The lowest BCUT2D eigenvalue weighted by Crippen LogP contribution is -2.48. The van der Waals surface area contributed by atoms with Crippen LogP contribution in [0.25, 0.3) is 6.08 Å². The molecule has 2 aromatic rings. The Morgan fingerprint density at radius 2 is 1.84 bits per heavy atom. The number of benzene rings is 1. The number of halogens is 1. The third-order valence-electron chi connectivity index (χ3n) is 4.08. The van der Waals surface area contributed by atoms with Crippen molar-refractivity contribution in [2.75, 3.05) is 31.1 Å². The number of carbonyl (C=O) groups is 1.